The van der Waals surface area contributed by atoms with E-state index in [1.807, 2.05) is 24.3 Å². The number of nitro groups is 1. The van der Waals surface area contributed by atoms with Gasteiger partial charge in [0.1, 0.15) is 5.41 Å². The highest BCUT2D eigenvalue weighted by Crippen LogP contribution is 2.77. The van der Waals surface area contributed by atoms with Crippen molar-refractivity contribution in [3.05, 3.63) is 142 Å². The fourth-order valence-corrected chi connectivity index (χ4v) is 6.33. The maximum Gasteiger partial charge on any atom is 0.416 e. The maximum absolute atomic E-state index is 14.5. The first-order chi connectivity index (χ1) is 18.6. The molecule has 0 N–H and O–H groups in total. The van der Waals surface area contributed by atoms with Crippen molar-refractivity contribution < 1.29 is 27.7 Å². The number of anilines is 1. The molecule has 9 heteroatoms. The van der Waals surface area contributed by atoms with Gasteiger partial charge in [0.05, 0.1) is 27.5 Å². The number of alkyl halides is 3. The summed E-state index contributed by atoms with van der Waals surface area (Å²) < 4.78 is 40.5. The number of rotatable bonds is 5. The van der Waals surface area contributed by atoms with Crippen LogP contribution in [-0.4, -0.2) is 16.7 Å². The average Bonchev–Trinajstić information content (AvgIpc) is 3.53. The number of hydrogen-bond donors (Lipinski definition) is 0. The van der Waals surface area contributed by atoms with Gasteiger partial charge in [-0.3, -0.25) is 19.7 Å². The molecule has 1 aliphatic heterocycles. The second-order valence-electron chi connectivity index (χ2n) is 9.61. The van der Waals surface area contributed by atoms with Gasteiger partial charge in [0, 0.05) is 12.1 Å². The highest BCUT2D eigenvalue weighted by Gasteiger charge is 2.89. The van der Waals surface area contributed by atoms with Crippen LogP contribution < -0.4 is 4.90 Å². The van der Waals surface area contributed by atoms with Gasteiger partial charge in [-0.15, -0.1) is 0 Å². The number of carbonyl (C=O) groups is 2. The van der Waals surface area contributed by atoms with Crippen LogP contribution in [0.2, 0.25) is 0 Å². The lowest BCUT2D eigenvalue weighted by Crippen LogP contribution is -2.44. The summed E-state index contributed by atoms with van der Waals surface area (Å²) in [4.78, 5) is 40.3. The fourth-order valence-electron chi connectivity index (χ4n) is 6.33. The van der Waals surface area contributed by atoms with Gasteiger partial charge in [-0.05, 0) is 34.9 Å². The quantitative estimate of drug-likeness (QED) is 0.180. The van der Waals surface area contributed by atoms with Gasteiger partial charge in [-0.25, -0.2) is 4.90 Å². The topological polar surface area (TPSA) is 80.5 Å². The summed E-state index contributed by atoms with van der Waals surface area (Å²) in [5.74, 6) is -2.30. The highest BCUT2D eigenvalue weighted by molar-refractivity contribution is 6.32. The number of nitrogens with zero attached hydrogens (tertiary/aromatic N) is 2. The Balaban J connectivity index is 1.61. The molecule has 0 bridgehead atoms. The summed E-state index contributed by atoms with van der Waals surface area (Å²) >= 11 is 0. The minimum absolute atomic E-state index is 0.177. The van der Waals surface area contributed by atoms with Crippen LogP contribution in [0, 0.1) is 16.0 Å². The van der Waals surface area contributed by atoms with Gasteiger partial charge in [-0.2, -0.15) is 13.2 Å². The largest absolute Gasteiger partial charge is 0.416 e. The molecule has 0 aromatic heterocycles. The summed E-state index contributed by atoms with van der Waals surface area (Å²) in [5.41, 5.74) is -2.31. The van der Waals surface area contributed by atoms with E-state index in [-0.39, 0.29) is 11.4 Å². The van der Waals surface area contributed by atoms with Gasteiger partial charge in [0.25, 0.3) is 5.69 Å². The summed E-state index contributed by atoms with van der Waals surface area (Å²) in [6.07, 6.45) is -4.67. The van der Waals surface area contributed by atoms with Crippen molar-refractivity contribution in [1.29, 1.82) is 0 Å². The van der Waals surface area contributed by atoms with Gasteiger partial charge in [0.2, 0.25) is 11.8 Å². The smallest absolute Gasteiger partial charge is 0.274 e. The van der Waals surface area contributed by atoms with Crippen LogP contribution in [0.1, 0.15) is 22.3 Å². The summed E-state index contributed by atoms with van der Waals surface area (Å²) in [6.45, 7) is 0. The number of carbonyl (C=O) groups excluding carboxylic acids is 2. The zero-order chi connectivity index (χ0) is 27.6. The molecular formula is C30H19F3N2O4. The van der Waals surface area contributed by atoms with Crippen molar-refractivity contribution in [3.63, 3.8) is 0 Å². The van der Waals surface area contributed by atoms with Gasteiger partial charge in [0.15, 0.2) is 0 Å². The lowest BCUT2D eigenvalue weighted by molar-refractivity contribution is -0.384. The third-order valence-corrected chi connectivity index (χ3v) is 7.84. The maximum atomic E-state index is 14.5. The van der Waals surface area contributed by atoms with Crippen molar-refractivity contribution >= 4 is 23.2 Å². The average molecular weight is 528 g/mol. The normalized spacial score (nSPS) is 21.5. The molecule has 1 heterocycles. The molecule has 4 aromatic carbocycles. The van der Waals surface area contributed by atoms with E-state index in [0.29, 0.717) is 16.7 Å². The Bertz CT molecular complexity index is 1580. The second-order valence-corrected chi connectivity index (χ2v) is 9.61. The Morgan fingerprint density at radius 2 is 1.26 bits per heavy atom. The van der Waals surface area contributed by atoms with Crippen molar-refractivity contribution in [2.75, 3.05) is 4.90 Å². The third-order valence-electron chi connectivity index (χ3n) is 7.84. The molecule has 2 amide bonds. The lowest BCUT2D eigenvalue weighted by atomic mass is 9.76. The number of fused-ring (bicyclic) bond motifs is 1. The highest BCUT2D eigenvalue weighted by atomic mass is 19.4. The molecular weight excluding hydrogens is 509 g/mol. The standard InChI is InChI=1S/C30H19F3N2O4/c31-30(32,33)22-12-7-13-24(18-22)34-26(36)25-28(19-8-3-1-4-9-19,20-10-5-2-6-11-20)29(25,27(34)37)21-14-16-23(17-15-21)35(38)39/h1-18,25H. The molecule has 0 spiro atoms. The number of hydrogen-bond acceptors (Lipinski definition) is 4. The van der Waals surface area contributed by atoms with Crippen LogP contribution in [0.3, 0.4) is 0 Å². The third kappa shape index (κ3) is 3.22. The van der Waals surface area contributed by atoms with E-state index < -0.39 is 45.2 Å². The molecule has 2 atom stereocenters. The summed E-state index contributed by atoms with van der Waals surface area (Å²) in [5, 5.41) is 11.3. The molecule has 2 unspecified atom stereocenters. The molecule has 2 aliphatic rings. The minimum Gasteiger partial charge on any atom is -0.274 e. The number of benzene rings is 4. The first-order valence-electron chi connectivity index (χ1n) is 12.1. The van der Waals surface area contributed by atoms with Crippen molar-refractivity contribution in [2.24, 2.45) is 5.92 Å². The molecule has 1 saturated heterocycles. The van der Waals surface area contributed by atoms with E-state index in [9.17, 15) is 32.9 Å². The predicted molar refractivity (Wildman–Crippen MR) is 136 cm³/mol. The number of nitro benzene ring substituents is 1. The van der Waals surface area contributed by atoms with Crippen molar-refractivity contribution in [1.82, 2.24) is 0 Å². The van der Waals surface area contributed by atoms with Crippen LogP contribution >= 0.6 is 0 Å². The Morgan fingerprint density at radius 3 is 1.77 bits per heavy atom. The molecule has 39 heavy (non-hydrogen) atoms. The fraction of sp³-hybridized carbons (Fsp3) is 0.133. The van der Waals surface area contributed by atoms with Gasteiger partial charge >= 0.3 is 6.18 Å². The van der Waals surface area contributed by atoms with E-state index in [2.05, 4.69) is 0 Å². The molecule has 6 rings (SSSR count). The SMILES string of the molecule is O=C1C2C(c3ccc([N+](=O)[O-])cc3)(C(=O)N1c1cccc(C(F)(F)F)c1)C2(c1ccccc1)c1ccccc1. The zero-order valence-electron chi connectivity index (χ0n) is 20.1. The Hall–Kier alpha value is -4.79. The molecule has 1 aliphatic carbocycles. The van der Waals surface area contributed by atoms with Gasteiger partial charge < -0.3 is 0 Å². The molecule has 1 saturated carbocycles. The first-order valence-corrected chi connectivity index (χ1v) is 12.1. The second kappa shape index (κ2) is 8.36. The van der Waals surface area contributed by atoms with Gasteiger partial charge in [-0.1, -0.05) is 78.9 Å². The molecule has 0 radical (unpaired) electrons. The number of amides is 2. The van der Waals surface area contributed by atoms with E-state index >= 15 is 0 Å². The molecule has 2 fully saturated rings. The van der Waals surface area contributed by atoms with Crippen LogP contribution in [0.25, 0.3) is 0 Å². The number of halogens is 3. The van der Waals surface area contributed by atoms with Crippen LogP contribution in [0.5, 0.6) is 0 Å². The summed E-state index contributed by atoms with van der Waals surface area (Å²) in [7, 11) is 0. The van der Waals surface area contributed by atoms with Crippen LogP contribution in [0.4, 0.5) is 24.5 Å². The lowest BCUT2D eigenvalue weighted by Gasteiger charge is -2.31. The Labute approximate surface area is 220 Å². The monoisotopic (exact) mass is 528 g/mol. The Kier molecular flexibility index (Phi) is 5.26. The minimum atomic E-state index is -4.67. The van der Waals surface area contributed by atoms with E-state index in [0.717, 1.165) is 23.1 Å². The van der Waals surface area contributed by atoms with Crippen LogP contribution in [0.15, 0.2) is 109 Å². The van der Waals surface area contributed by atoms with Crippen LogP contribution in [-0.2, 0) is 26.6 Å². The molecule has 4 aromatic rings. The van der Waals surface area contributed by atoms with Crippen molar-refractivity contribution in [2.45, 2.75) is 17.0 Å². The predicted octanol–water partition coefficient (Wildman–Crippen LogP) is 6.04. The zero-order valence-corrected chi connectivity index (χ0v) is 20.1. The number of imide groups is 1. The molecule has 6 nitrogen and oxygen atoms in total. The first kappa shape index (κ1) is 24.5. The van der Waals surface area contributed by atoms with E-state index in [1.54, 1.807) is 36.4 Å². The van der Waals surface area contributed by atoms with E-state index in [1.165, 1.54) is 30.3 Å². The summed E-state index contributed by atoms with van der Waals surface area (Å²) in [6, 6.07) is 27.6. The Morgan fingerprint density at radius 1 is 0.718 bits per heavy atom. The van der Waals surface area contributed by atoms with E-state index in [4.69, 9.17) is 0 Å². The number of non-ortho nitro benzene ring substituents is 1. The van der Waals surface area contributed by atoms with Crippen molar-refractivity contribution in [3.8, 4) is 0 Å². The molecule has 194 valence electrons. The number of piperidine rings is 1.